The van der Waals surface area contributed by atoms with Gasteiger partial charge in [-0.1, -0.05) is 6.07 Å². The van der Waals surface area contributed by atoms with Crippen LogP contribution in [0.25, 0.3) is 0 Å². The first-order valence-corrected chi connectivity index (χ1v) is 8.28. The molecule has 1 aliphatic heterocycles. The smallest absolute Gasteiger partial charge is 0.242 e. The van der Waals surface area contributed by atoms with Gasteiger partial charge < -0.3 is 10.4 Å². The van der Waals surface area contributed by atoms with Gasteiger partial charge in [-0.25, -0.2) is 4.98 Å². The number of carbonyl (C=O) groups excluding carboxylic acids is 1. The maximum atomic E-state index is 12.5. The fraction of sp³-hybridized carbons (Fsp3) is 0.471. The molecular formula is C17H23N5O2. The number of pyridine rings is 1. The third-order valence-electron chi connectivity index (χ3n) is 4.54. The van der Waals surface area contributed by atoms with Crippen LogP contribution in [0.2, 0.25) is 0 Å². The van der Waals surface area contributed by atoms with Crippen LogP contribution in [0.15, 0.2) is 24.4 Å². The second-order valence-electron chi connectivity index (χ2n) is 5.95. The van der Waals surface area contributed by atoms with Crippen molar-refractivity contribution in [2.75, 3.05) is 11.9 Å². The van der Waals surface area contributed by atoms with Crippen LogP contribution >= 0.6 is 0 Å². The topological polar surface area (TPSA) is 83.3 Å². The second-order valence-corrected chi connectivity index (χ2v) is 5.95. The molecule has 0 unspecified atom stereocenters. The molecule has 2 N–H and O–H groups in total. The third kappa shape index (κ3) is 3.18. The Labute approximate surface area is 141 Å². The first-order valence-electron chi connectivity index (χ1n) is 8.28. The molecule has 0 radical (unpaired) electrons. The summed E-state index contributed by atoms with van der Waals surface area (Å²) in [5.74, 6) is 0.479. The summed E-state index contributed by atoms with van der Waals surface area (Å²) in [4.78, 5) is 18.7. The lowest BCUT2D eigenvalue weighted by molar-refractivity contribution is -0.121. The van der Waals surface area contributed by atoms with Crippen molar-refractivity contribution < 1.29 is 9.90 Å². The zero-order valence-electron chi connectivity index (χ0n) is 14.1. The van der Waals surface area contributed by atoms with Gasteiger partial charge in [0, 0.05) is 43.5 Å². The highest BCUT2D eigenvalue weighted by molar-refractivity contribution is 5.93. The minimum absolute atomic E-state index is 0.0717. The zero-order chi connectivity index (χ0) is 17.1. The van der Waals surface area contributed by atoms with E-state index < -0.39 is 0 Å². The standard InChI is InChI=1S/C17H23N5O2/c1-3-22-15-7-9-21(10-13(15)14(11-23)20-22)12(2)17(24)19-16-6-4-5-8-18-16/h4-6,8,12,23H,3,7,9-11H2,1-2H3,(H,18,19,24)/t12-/m0/s1. The summed E-state index contributed by atoms with van der Waals surface area (Å²) in [7, 11) is 0. The molecule has 0 aliphatic carbocycles. The third-order valence-corrected chi connectivity index (χ3v) is 4.54. The summed E-state index contributed by atoms with van der Waals surface area (Å²) in [5.41, 5.74) is 2.95. The fourth-order valence-electron chi connectivity index (χ4n) is 3.14. The zero-order valence-corrected chi connectivity index (χ0v) is 14.1. The van der Waals surface area contributed by atoms with E-state index in [4.69, 9.17) is 0 Å². The van der Waals surface area contributed by atoms with E-state index in [9.17, 15) is 9.90 Å². The molecule has 7 nitrogen and oxygen atoms in total. The number of aromatic nitrogens is 3. The fourth-order valence-corrected chi connectivity index (χ4v) is 3.14. The number of carbonyl (C=O) groups is 1. The van der Waals surface area contributed by atoms with Crippen molar-refractivity contribution in [2.24, 2.45) is 0 Å². The molecule has 0 saturated carbocycles. The number of fused-ring (bicyclic) bond motifs is 1. The van der Waals surface area contributed by atoms with Crippen molar-refractivity contribution in [3.63, 3.8) is 0 Å². The largest absolute Gasteiger partial charge is 0.390 e. The first kappa shape index (κ1) is 16.6. The Morgan fingerprint density at radius 1 is 1.46 bits per heavy atom. The van der Waals surface area contributed by atoms with Crippen LogP contribution in [0.3, 0.4) is 0 Å². The van der Waals surface area contributed by atoms with E-state index >= 15 is 0 Å². The molecule has 0 aromatic carbocycles. The monoisotopic (exact) mass is 329 g/mol. The van der Waals surface area contributed by atoms with Crippen molar-refractivity contribution in [3.8, 4) is 0 Å². The number of nitrogens with zero attached hydrogens (tertiary/aromatic N) is 4. The Kier molecular flexibility index (Phi) is 4.92. The SMILES string of the molecule is CCn1nc(CO)c2c1CCN([C@@H](C)C(=O)Nc1ccccn1)C2. The number of aliphatic hydroxyl groups is 1. The number of hydrogen-bond donors (Lipinski definition) is 2. The van der Waals surface area contributed by atoms with Gasteiger partial charge in [0.2, 0.25) is 5.91 Å². The molecule has 0 fully saturated rings. The Balaban J connectivity index is 1.72. The quantitative estimate of drug-likeness (QED) is 0.860. The Morgan fingerprint density at radius 2 is 2.29 bits per heavy atom. The van der Waals surface area contributed by atoms with Crippen molar-refractivity contribution in [3.05, 3.63) is 41.3 Å². The number of amides is 1. The summed E-state index contributed by atoms with van der Waals surface area (Å²) in [5, 5.41) is 16.9. The average Bonchev–Trinajstić information content (AvgIpc) is 2.99. The summed E-state index contributed by atoms with van der Waals surface area (Å²) in [6.45, 7) is 6.08. The molecule has 2 aromatic rings. The summed E-state index contributed by atoms with van der Waals surface area (Å²) >= 11 is 0. The minimum Gasteiger partial charge on any atom is -0.390 e. The Morgan fingerprint density at radius 3 is 2.96 bits per heavy atom. The minimum atomic E-state index is -0.281. The van der Waals surface area contributed by atoms with E-state index in [-0.39, 0.29) is 18.6 Å². The van der Waals surface area contributed by atoms with Crippen molar-refractivity contribution in [1.29, 1.82) is 0 Å². The van der Waals surface area contributed by atoms with Crippen molar-refractivity contribution in [1.82, 2.24) is 19.7 Å². The predicted molar refractivity (Wildman–Crippen MR) is 90.3 cm³/mol. The van der Waals surface area contributed by atoms with Gasteiger partial charge in [0.05, 0.1) is 18.3 Å². The van der Waals surface area contributed by atoms with Crippen LogP contribution in [0.5, 0.6) is 0 Å². The Hall–Kier alpha value is -2.25. The maximum Gasteiger partial charge on any atom is 0.242 e. The molecule has 7 heteroatoms. The highest BCUT2D eigenvalue weighted by Crippen LogP contribution is 2.24. The number of aliphatic hydroxyl groups excluding tert-OH is 1. The molecule has 1 amide bonds. The molecule has 3 rings (SSSR count). The van der Waals surface area contributed by atoms with E-state index in [0.717, 1.165) is 25.1 Å². The second kappa shape index (κ2) is 7.11. The molecule has 1 atom stereocenters. The first-order chi connectivity index (χ1) is 11.6. The van der Waals surface area contributed by atoms with Crippen LogP contribution in [0, 0.1) is 0 Å². The van der Waals surface area contributed by atoms with Gasteiger partial charge in [0.25, 0.3) is 0 Å². The van der Waals surface area contributed by atoms with Gasteiger partial charge in [0.1, 0.15) is 5.82 Å². The molecule has 128 valence electrons. The van der Waals surface area contributed by atoms with E-state index in [0.29, 0.717) is 18.1 Å². The lowest BCUT2D eigenvalue weighted by Crippen LogP contribution is -2.44. The van der Waals surface area contributed by atoms with E-state index in [1.54, 1.807) is 12.3 Å². The molecule has 3 heterocycles. The van der Waals surface area contributed by atoms with Gasteiger partial charge in [-0.2, -0.15) is 5.10 Å². The molecule has 24 heavy (non-hydrogen) atoms. The van der Waals surface area contributed by atoms with Gasteiger partial charge >= 0.3 is 0 Å². The van der Waals surface area contributed by atoms with Gasteiger partial charge in [-0.3, -0.25) is 14.4 Å². The van der Waals surface area contributed by atoms with Gasteiger partial charge in [-0.05, 0) is 26.0 Å². The molecule has 1 aliphatic rings. The van der Waals surface area contributed by atoms with Crippen LogP contribution in [0.1, 0.15) is 30.8 Å². The molecule has 0 saturated heterocycles. The van der Waals surface area contributed by atoms with Crippen molar-refractivity contribution >= 4 is 11.7 Å². The van der Waals surface area contributed by atoms with Crippen LogP contribution in [-0.4, -0.2) is 43.3 Å². The molecule has 0 spiro atoms. The number of anilines is 1. The van der Waals surface area contributed by atoms with Crippen molar-refractivity contribution in [2.45, 2.75) is 46.0 Å². The summed E-state index contributed by atoms with van der Waals surface area (Å²) < 4.78 is 1.96. The number of aryl methyl sites for hydroxylation is 1. The van der Waals surface area contributed by atoms with Gasteiger partial charge in [-0.15, -0.1) is 0 Å². The van der Waals surface area contributed by atoms with Crippen LogP contribution in [0.4, 0.5) is 5.82 Å². The lowest BCUT2D eigenvalue weighted by atomic mass is 10.0. The highest BCUT2D eigenvalue weighted by atomic mass is 16.3. The van der Waals surface area contributed by atoms with E-state index in [1.807, 2.05) is 30.7 Å². The molecule has 2 aromatic heterocycles. The van der Waals surface area contributed by atoms with Gasteiger partial charge in [0.15, 0.2) is 0 Å². The molecular weight excluding hydrogens is 306 g/mol. The van der Waals surface area contributed by atoms with Crippen LogP contribution < -0.4 is 5.32 Å². The number of rotatable bonds is 5. The predicted octanol–water partition coefficient (Wildman–Crippen LogP) is 1.18. The average molecular weight is 329 g/mol. The van der Waals surface area contributed by atoms with Crippen LogP contribution in [-0.2, 0) is 30.9 Å². The van der Waals surface area contributed by atoms with E-state index in [1.165, 1.54) is 5.69 Å². The molecule has 0 bridgehead atoms. The maximum absolute atomic E-state index is 12.5. The summed E-state index contributed by atoms with van der Waals surface area (Å²) in [6, 6.07) is 5.14. The highest BCUT2D eigenvalue weighted by Gasteiger charge is 2.29. The summed E-state index contributed by atoms with van der Waals surface area (Å²) in [6.07, 6.45) is 2.48. The number of hydrogen-bond acceptors (Lipinski definition) is 5. The number of nitrogens with one attached hydrogen (secondary N) is 1. The van der Waals surface area contributed by atoms with E-state index in [2.05, 4.69) is 20.3 Å². The normalized spacial score (nSPS) is 15.8. The lowest BCUT2D eigenvalue weighted by Gasteiger charge is -2.32. The Bertz CT molecular complexity index is 713.